The summed E-state index contributed by atoms with van der Waals surface area (Å²) in [6, 6.07) is 4.39. The lowest BCUT2D eigenvalue weighted by Crippen LogP contribution is -2.47. The number of aliphatic hydroxyl groups is 1. The SMILES string of the molecule is O=C(C1CCN(CC(O)Cn2nc(-c3ccc(C(F)(F)F)c(SCCN4CCCCC4)c3)c3c2CCNC3)CC1)N1CCOCC1. The molecule has 3 fully saturated rings. The molecule has 46 heavy (non-hydrogen) atoms. The van der Waals surface area contributed by atoms with Gasteiger partial charge in [-0.15, -0.1) is 11.8 Å². The molecule has 9 nitrogen and oxygen atoms in total. The summed E-state index contributed by atoms with van der Waals surface area (Å²) >= 11 is 1.27. The van der Waals surface area contributed by atoms with Gasteiger partial charge in [-0.1, -0.05) is 12.5 Å². The van der Waals surface area contributed by atoms with Gasteiger partial charge in [-0.2, -0.15) is 18.3 Å². The van der Waals surface area contributed by atoms with Crippen molar-refractivity contribution in [1.29, 1.82) is 0 Å². The Hall–Kier alpha value is -2.16. The number of carbonyl (C=O) groups is 1. The minimum atomic E-state index is -4.43. The number of benzene rings is 1. The highest BCUT2D eigenvalue weighted by Gasteiger charge is 2.35. The number of aliphatic hydroxyl groups excluding tert-OH is 1. The normalized spacial score (nSPS) is 21.3. The van der Waals surface area contributed by atoms with E-state index in [0.29, 0.717) is 62.9 Å². The van der Waals surface area contributed by atoms with Gasteiger partial charge in [0.15, 0.2) is 0 Å². The third-order valence-electron chi connectivity index (χ3n) is 9.79. The Morgan fingerprint density at radius 2 is 1.80 bits per heavy atom. The standard InChI is InChI=1S/C33H47F3N6O3S/c34-33(35,36)28-5-4-25(20-30(28)46-19-16-39-10-2-1-3-11-39)31-27-21-37-9-6-29(27)42(38-31)23-26(43)22-40-12-7-24(8-13-40)32(44)41-14-17-45-18-15-41/h4-5,20,24,26,37,43H,1-3,6-19,21-23H2. The fourth-order valence-electron chi connectivity index (χ4n) is 7.25. The van der Waals surface area contributed by atoms with E-state index in [2.05, 4.69) is 15.1 Å². The second kappa shape index (κ2) is 15.4. The maximum absolute atomic E-state index is 14.0. The van der Waals surface area contributed by atoms with Gasteiger partial charge in [0, 0.05) is 79.1 Å². The molecule has 6 rings (SSSR count). The molecule has 2 N–H and O–H groups in total. The van der Waals surface area contributed by atoms with E-state index in [1.807, 2.05) is 9.58 Å². The first kappa shape index (κ1) is 33.7. The number of ether oxygens (including phenoxy) is 1. The summed E-state index contributed by atoms with van der Waals surface area (Å²) in [6.45, 7) is 9.02. The molecule has 1 unspecified atom stereocenters. The second-order valence-electron chi connectivity index (χ2n) is 13.0. The Kier molecular flexibility index (Phi) is 11.3. The van der Waals surface area contributed by atoms with Crippen molar-refractivity contribution in [2.24, 2.45) is 5.92 Å². The monoisotopic (exact) mass is 664 g/mol. The van der Waals surface area contributed by atoms with Crippen molar-refractivity contribution in [2.75, 3.05) is 77.9 Å². The van der Waals surface area contributed by atoms with Crippen molar-refractivity contribution in [1.82, 2.24) is 29.8 Å². The predicted octanol–water partition coefficient (Wildman–Crippen LogP) is 3.72. The summed E-state index contributed by atoms with van der Waals surface area (Å²) in [7, 11) is 0. The van der Waals surface area contributed by atoms with E-state index >= 15 is 0 Å². The number of hydrogen-bond acceptors (Lipinski definition) is 8. The average Bonchev–Trinajstić information content (AvgIpc) is 3.43. The van der Waals surface area contributed by atoms with Crippen LogP contribution in [0.4, 0.5) is 13.2 Å². The number of morpholine rings is 1. The average molecular weight is 665 g/mol. The van der Waals surface area contributed by atoms with Gasteiger partial charge in [-0.25, -0.2) is 0 Å². The van der Waals surface area contributed by atoms with Gasteiger partial charge in [0.05, 0.1) is 37.1 Å². The Morgan fingerprint density at radius 3 is 2.54 bits per heavy atom. The molecule has 254 valence electrons. The number of thioether (sulfide) groups is 1. The van der Waals surface area contributed by atoms with Crippen LogP contribution in [0.1, 0.15) is 48.9 Å². The fourth-order valence-corrected chi connectivity index (χ4v) is 8.37. The van der Waals surface area contributed by atoms with Crippen molar-refractivity contribution < 1.29 is 27.8 Å². The number of likely N-dealkylation sites (tertiary alicyclic amines) is 2. The third-order valence-corrected chi connectivity index (χ3v) is 10.8. The third kappa shape index (κ3) is 8.27. The van der Waals surface area contributed by atoms with Crippen molar-refractivity contribution in [2.45, 2.75) is 68.8 Å². The maximum atomic E-state index is 14.0. The number of piperidine rings is 2. The predicted molar refractivity (Wildman–Crippen MR) is 172 cm³/mol. The fraction of sp³-hybridized carbons (Fsp3) is 0.697. The zero-order chi connectivity index (χ0) is 32.1. The molecule has 1 atom stereocenters. The summed E-state index contributed by atoms with van der Waals surface area (Å²) in [5, 5.41) is 19.4. The molecule has 0 saturated carbocycles. The van der Waals surface area contributed by atoms with Crippen molar-refractivity contribution in [3.63, 3.8) is 0 Å². The van der Waals surface area contributed by atoms with E-state index in [1.54, 1.807) is 6.07 Å². The molecule has 0 radical (unpaired) electrons. The summed E-state index contributed by atoms with van der Waals surface area (Å²) in [5.74, 6) is 0.849. The zero-order valence-electron chi connectivity index (χ0n) is 26.6. The van der Waals surface area contributed by atoms with Crippen LogP contribution >= 0.6 is 11.8 Å². The van der Waals surface area contributed by atoms with Crippen molar-refractivity contribution in [3.05, 3.63) is 35.0 Å². The van der Waals surface area contributed by atoms with Crippen molar-refractivity contribution in [3.8, 4) is 11.3 Å². The van der Waals surface area contributed by atoms with E-state index in [0.717, 1.165) is 82.6 Å². The Labute approximate surface area is 273 Å². The van der Waals surface area contributed by atoms with Crippen LogP contribution in [0.15, 0.2) is 23.1 Å². The van der Waals surface area contributed by atoms with Gasteiger partial charge < -0.3 is 29.9 Å². The number of nitrogens with zero attached hydrogens (tertiary/aromatic N) is 5. The lowest BCUT2D eigenvalue weighted by atomic mass is 9.95. The lowest BCUT2D eigenvalue weighted by molar-refractivity contribution is -0.141. The number of rotatable bonds is 10. The minimum absolute atomic E-state index is 0.0243. The van der Waals surface area contributed by atoms with E-state index in [-0.39, 0.29) is 16.7 Å². The van der Waals surface area contributed by atoms with E-state index < -0.39 is 17.8 Å². The summed E-state index contributed by atoms with van der Waals surface area (Å²) < 4.78 is 49.3. The zero-order valence-corrected chi connectivity index (χ0v) is 27.4. The molecular formula is C33H47F3N6O3S. The van der Waals surface area contributed by atoms with Gasteiger partial charge in [-0.3, -0.25) is 9.48 Å². The number of carbonyl (C=O) groups excluding carboxylic acids is 1. The lowest BCUT2D eigenvalue weighted by Gasteiger charge is -2.36. The number of alkyl halides is 3. The molecule has 1 amide bonds. The highest BCUT2D eigenvalue weighted by Crippen LogP contribution is 2.40. The number of aromatic nitrogens is 2. The molecule has 13 heteroatoms. The minimum Gasteiger partial charge on any atom is -0.390 e. The van der Waals surface area contributed by atoms with Crippen LogP contribution < -0.4 is 5.32 Å². The smallest absolute Gasteiger partial charge is 0.390 e. The first-order valence-corrected chi connectivity index (χ1v) is 17.9. The number of hydrogen-bond donors (Lipinski definition) is 2. The van der Waals surface area contributed by atoms with Crippen LogP contribution in [-0.4, -0.2) is 119 Å². The Bertz CT molecular complexity index is 1320. The Balaban J connectivity index is 1.11. The molecule has 0 spiro atoms. The molecule has 1 aromatic heterocycles. The number of fused-ring (bicyclic) bond motifs is 1. The van der Waals surface area contributed by atoms with Crippen LogP contribution in [0.2, 0.25) is 0 Å². The summed E-state index contributed by atoms with van der Waals surface area (Å²) in [6.07, 6.45) is 0.738. The molecule has 4 aliphatic heterocycles. The highest BCUT2D eigenvalue weighted by atomic mass is 32.2. The molecule has 5 heterocycles. The number of halogens is 3. The van der Waals surface area contributed by atoms with Crippen LogP contribution in [0.25, 0.3) is 11.3 Å². The molecule has 0 bridgehead atoms. The topological polar surface area (TPSA) is 86.1 Å². The first-order valence-electron chi connectivity index (χ1n) is 16.9. The van der Waals surface area contributed by atoms with Gasteiger partial charge in [0.1, 0.15) is 0 Å². The quantitative estimate of drug-likeness (QED) is 0.372. The largest absolute Gasteiger partial charge is 0.417 e. The van der Waals surface area contributed by atoms with Crippen LogP contribution in [0.3, 0.4) is 0 Å². The first-order chi connectivity index (χ1) is 22.3. The Morgan fingerprint density at radius 1 is 1.04 bits per heavy atom. The molecule has 2 aromatic rings. The van der Waals surface area contributed by atoms with Crippen LogP contribution in [0.5, 0.6) is 0 Å². The summed E-state index contributed by atoms with van der Waals surface area (Å²) in [5.41, 5.74) is 2.78. The highest BCUT2D eigenvalue weighted by molar-refractivity contribution is 7.99. The number of amides is 1. The molecule has 0 aliphatic carbocycles. The van der Waals surface area contributed by atoms with Crippen LogP contribution in [-0.2, 0) is 35.2 Å². The van der Waals surface area contributed by atoms with Gasteiger partial charge in [-0.05, 0) is 64.0 Å². The molecular weight excluding hydrogens is 617 g/mol. The molecule has 1 aromatic carbocycles. The van der Waals surface area contributed by atoms with Gasteiger partial charge >= 0.3 is 6.18 Å². The second-order valence-corrected chi connectivity index (χ2v) is 14.1. The molecule has 3 saturated heterocycles. The van der Waals surface area contributed by atoms with E-state index in [1.165, 1.54) is 30.3 Å². The van der Waals surface area contributed by atoms with E-state index in [9.17, 15) is 23.1 Å². The number of nitrogens with one attached hydrogen (secondary N) is 1. The molecule has 4 aliphatic rings. The van der Waals surface area contributed by atoms with E-state index in [4.69, 9.17) is 9.84 Å². The number of β-amino-alcohol motifs (C(OH)–C–C–N with tert-alkyl or cyclic N) is 1. The maximum Gasteiger partial charge on any atom is 0.417 e. The van der Waals surface area contributed by atoms with Gasteiger partial charge in [0.25, 0.3) is 0 Å². The summed E-state index contributed by atoms with van der Waals surface area (Å²) in [4.78, 5) is 19.6. The van der Waals surface area contributed by atoms with Crippen molar-refractivity contribution >= 4 is 17.7 Å². The van der Waals surface area contributed by atoms with Crippen LogP contribution in [0, 0.1) is 5.92 Å². The van der Waals surface area contributed by atoms with Gasteiger partial charge in [0.2, 0.25) is 5.91 Å².